The molecule has 4 rings (SSSR count). The van der Waals surface area contributed by atoms with E-state index in [0.717, 1.165) is 49.8 Å². The van der Waals surface area contributed by atoms with Crippen molar-refractivity contribution in [3.05, 3.63) is 83.4 Å². The van der Waals surface area contributed by atoms with Crippen molar-refractivity contribution in [1.29, 1.82) is 0 Å². The predicted molar refractivity (Wildman–Crippen MR) is 213 cm³/mol. The second-order valence-electron chi connectivity index (χ2n) is 16.8. The van der Waals surface area contributed by atoms with Gasteiger partial charge in [0.05, 0.1) is 12.1 Å². The van der Waals surface area contributed by atoms with Gasteiger partial charge in [-0.05, 0) is 81.9 Å². The minimum atomic E-state index is -0.742. The van der Waals surface area contributed by atoms with Gasteiger partial charge in [-0.25, -0.2) is 0 Å². The highest BCUT2D eigenvalue weighted by Gasteiger charge is 2.41. The van der Waals surface area contributed by atoms with Gasteiger partial charge in [-0.1, -0.05) is 108 Å². The van der Waals surface area contributed by atoms with E-state index in [4.69, 9.17) is 0 Å². The molecule has 290 valence electrons. The van der Waals surface area contributed by atoms with Gasteiger partial charge in [-0.15, -0.1) is 0 Å². The van der Waals surface area contributed by atoms with Crippen LogP contribution in [-0.4, -0.2) is 100 Å². The molecule has 2 saturated heterocycles. The molecule has 4 amide bonds. The van der Waals surface area contributed by atoms with E-state index in [-0.39, 0.29) is 41.6 Å². The molecule has 1 N–H and O–H groups in total. The summed E-state index contributed by atoms with van der Waals surface area (Å²) < 4.78 is 0. The molecule has 2 aromatic carbocycles. The summed E-state index contributed by atoms with van der Waals surface area (Å²) in [4.78, 5) is 64.1. The lowest BCUT2D eigenvalue weighted by Gasteiger charge is -2.41. The molecule has 53 heavy (non-hydrogen) atoms. The topological polar surface area (TPSA) is 93.3 Å². The van der Waals surface area contributed by atoms with E-state index < -0.39 is 23.5 Å². The van der Waals surface area contributed by atoms with E-state index in [9.17, 15) is 19.2 Å². The van der Waals surface area contributed by atoms with Crippen molar-refractivity contribution in [3.63, 3.8) is 0 Å². The summed E-state index contributed by atoms with van der Waals surface area (Å²) in [5.41, 5.74) is 2.18. The molecule has 0 saturated carbocycles. The predicted octanol–water partition coefficient (Wildman–Crippen LogP) is 6.47. The summed E-state index contributed by atoms with van der Waals surface area (Å²) in [6.45, 7) is 18.4. The van der Waals surface area contributed by atoms with E-state index >= 15 is 0 Å². The standard InChI is InChI=1S/C44H65N5O4/c1-31(2)38(46(9)43(53)39(44(6,7)8)45-40(50)36-23-16-17-26-48(36)32(3)4)29-33(5)41(51)49-27-18-24-37(49)42(52)47(30-35-21-14-11-15-22-35)28-25-34-19-12-10-13-20-34/h10-15,19-22,29,31-32,36-39H,16-18,23-28,30H2,1-9H3,(H,45,50)/b33-29+/t36-,37+,38-,39-/m1/s1. The summed E-state index contributed by atoms with van der Waals surface area (Å²) in [7, 11) is 1.77. The Labute approximate surface area is 319 Å². The number of likely N-dealkylation sites (tertiary alicyclic amines) is 2. The normalized spacial score (nSPS) is 19.6. The highest BCUT2D eigenvalue weighted by Crippen LogP contribution is 2.27. The second kappa shape index (κ2) is 18.9. The summed E-state index contributed by atoms with van der Waals surface area (Å²) >= 11 is 0. The van der Waals surface area contributed by atoms with Crippen LogP contribution in [0.5, 0.6) is 0 Å². The molecule has 4 atom stereocenters. The molecule has 0 bridgehead atoms. The van der Waals surface area contributed by atoms with Gasteiger partial charge in [0.1, 0.15) is 12.1 Å². The number of hydrogen-bond acceptors (Lipinski definition) is 5. The largest absolute Gasteiger partial charge is 0.342 e. The first kappa shape index (κ1) is 41.8. The van der Waals surface area contributed by atoms with E-state index in [1.54, 1.807) is 23.8 Å². The first-order valence-corrected chi connectivity index (χ1v) is 19.8. The van der Waals surface area contributed by atoms with Crippen molar-refractivity contribution < 1.29 is 19.2 Å². The Kier molecular flexibility index (Phi) is 14.9. The summed E-state index contributed by atoms with van der Waals surface area (Å²) in [6.07, 6.45) is 6.81. The van der Waals surface area contributed by atoms with Crippen molar-refractivity contribution in [3.8, 4) is 0 Å². The number of nitrogens with zero attached hydrogens (tertiary/aromatic N) is 4. The van der Waals surface area contributed by atoms with Crippen LogP contribution in [0.25, 0.3) is 0 Å². The van der Waals surface area contributed by atoms with Gasteiger partial charge in [-0.2, -0.15) is 0 Å². The summed E-state index contributed by atoms with van der Waals surface area (Å²) in [5.74, 6) is -0.501. The molecule has 0 aromatic heterocycles. The van der Waals surface area contributed by atoms with Gasteiger partial charge in [0, 0.05) is 38.3 Å². The molecule has 2 heterocycles. The third-order valence-electron chi connectivity index (χ3n) is 11.0. The average Bonchev–Trinajstić information content (AvgIpc) is 3.63. The van der Waals surface area contributed by atoms with Crippen molar-refractivity contribution in [2.24, 2.45) is 11.3 Å². The highest BCUT2D eigenvalue weighted by molar-refractivity contribution is 5.97. The SMILES string of the molecule is C/C(=C\[C@H](C(C)C)N(C)C(=O)[C@@H](NC(=O)[C@H]1CCCCN1C(C)C)C(C)(C)C)C(=O)N1CCC[C@H]1C(=O)N(CCc1ccccc1)Cc1ccccc1. The lowest BCUT2D eigenvalue weighted by molar-refractivity contribution is -0.142. The number of carbonyl (C=O) groups excluding carboxylic acids is 4. The van der Waals surface area contributed by atoms with E-state index in [1.807, 2.05) is 94.1 Å². The molecule has 0 radical (unpaired) electrons. The van der Waals surface area contributed by atoms with Gasteiger partial charge in [0.15, 0.2) is 0 Å². The van der Waals surface area contributed by atoms with Crippen LogP contribution >= 0.6 is 0 Å². The first-order valence-electron chi connectivity index (χ1n) is 19.8. The number of nitrogens with one attached hydrogen (secondary N) is 1. The van der Waals surface area contributed by atoms with Crippen LogP contribution in [0.2, 0.25) is 0 Å². The van der Waals surface area contributed by atoms with Crippen molar-refractivity contribution in [2.45, 2.75) is 131 Å². The molecule has 0 spiro atoms. The molecule has 2 aromatic rings. The van der Waals surface area contributed by atoms with Crippen molar-refractivity contribution in [1.82, 2.24) is 24.9 Å². The van der Waals surface area contributed by atoms with Crippen LogP contribution in [-0.2, 0) is 32.1 Å². The Balaban J connectivity index is 1.52. The van der Waals surface area contributed by atoms with Crippen LogP contribution in [0, 0.1) is 11.3 Å². The number of likely N-dealkylation sites (N-methyl/N-ethyl adjacent to an activating group) is 1. The van der Waals surface area contributed by atoms with Crippen LogP contribution in [0.4, 0.5) is 0 Å². The Hall–Kier alpha value is -3.98. The summed E-state index contributed by atoms with van der Waals surface area (Å²) in [5, 5.41) is 3.16. The molecule has 9 nitrogen and oxygen atoms in total. The molecule has 2 aliphatic rings. The Morgan fingerprint density at radius 3 is 2.04 bits per heavy atom. The molecular weight excluding hydrogens is 663 g/mol. The smallest absolute Gasteiger partial charge is 0.249 e. The van der Waals surface area contributed by atoms with Gasteiger partial charge >= 0.3 is 0 Å². The third kappa shape index (κ3) is 11.0. The zero-order valence-electron chi connectivity index (χ0n) is 33.8. The molecule has 2 fully saturated rings. The number of rotatable bonds is 14. The third-order valence-corrected chi connectivity index (χ3v) is 11.0. The zero-order chi connectivity index (χ0) is 38.9. The fourth-order valence-corrected chi connectivity index (χ4v) is 7.85. The number of benzene rings is 2. The zero-order valence-corrected chi connectivity index (χ0v) is 33.8. The average molecular weight is 728 g/mol. The lowest BCUT2D eigenvalue weighted by atomic mass is 9.84. The molecule has 9 heteroatoms. The van der Waals surface area contributed by atoms with Crippen LogP contribution in [0.15, 0.2) is 72.3 Å². The van der Waals surface area contributed by atoms with E-state index in [2.05, 4.69) is 36.2 Å². The molecular formula is C44H65N5O4. The van der Waals surface area contributed by atoms with Crippen LogP contribution < -0.4 is 5.32 Å². The van der Waals surface area contributed by atoms with Gasteiger partial charge in [0.2, 0.25) is 23.6 Å². The fraction of sp³-hybridized carbons (Fsp3) is 0.591. The van der Waals surface area contributed by atoms with Gasteiger partial charge in [0.25, 0.3) is 0 Å². The highest BCUT2D eigenvalue weighted by atomic mass is 16.2. The maximum absolute atomic E-state index is 14.3. The lowest BCUT2D eigenvalue weighted by Crippen LogP contribution is -2.60. The number of amides is 4. The second-order valence-corrected chi connectivity index (χ2v) is 16.8. The quantitative estimate of drug-likeness (QED) is 0.225. The van der Waals surface area contributed by atoms with Crippen LogP contribution in [0.1, 0.15) is 98.6 Å². The van der Waals surface area contributed by atoms with Gasteiger partial charge < -0.3 is 20.0 Å². The van der Waals surface area contributed by atoms with Crippen molar-refractivity contribution >= 4 is 23.6 Å². The Bertz CT molecular complexity index is 1550. The van der Waals surface area contributed by atoms with Gasteiger partial charge in [-0.3, -0.25) is 24.1 Å². The maximum atomic E-state index is 14.3. The first-order chi connectivity index (χ1) is 25.1. The minimum absolute atomic E-state index is 0.00634. The Morgan fingerprint density at radius 2 is 1.45 bits per heavy atom. The number of hydrogen-bond donors (Lipinski definition) is 1. The number of carbonyl (C=O) groups is 4. The van der Waals surface area contributed by atoms with E-state index in [1.165, 1.54) is 0 Å². The summed E-state index contributed by atoms with van der Waals surface area (Å²) in [6, 6.07) is 18.5. The monoisotopic (exact) mass is 728 g/mol. The fourth-order valence-electron chi connectivity index (χ4n) is 7.85. The molecule has 2 aliphatic heterocycles. The Morgan fingerprint density at radius 1 is 0.849 bits per heavy atom. The number of piperidine rings is 1. The van der Waals surface area contributed by atoms with Crippen LogP contribution in [0.3, 0.4) is 0 Å². The maximum Gasteiger partial charge on any atom is 0.249 e. The minimum Gasteiger partial charge on any atom is -0.342 e. The molecule has 0 aliphatic carbocycles. The van der Waals surface area contributed by atoms with Crippen molar-refractivity contribution in [2.75, 3.05) is 26.7 Å². The van der Waals surface area contributed by atoms with E-state index in [0.29, 0.717) is 31.6 Å². The molecule has 0 unspecified atom stereocenters.